The average molecular weight is 292 g/mol. The molecule has 1 aliphatic carbocycles. The van der Waals surface area contributed by atoms with Crippen molar-refractivity contribution in [1.29, 1.82) is 0 Å². The molecule has 0 radical (unpaired) electrons. The minimum Gasteiger partial charge on any atom is -0.495 e. The van der Waals surface area contributed by atoms with Gasteiger partial charge < -0.3 is 15.6 Å². The van der Waals surface area contributed by atoms with Gasteiger partial charge in [0.25, 0.3) is 0 Å². The second-order valence-electron chi connectivity index (χ2n) is 5.51. The zero-order chi connectivity index (χ0) is 14.1. The van der Waals surface area contributed by atoms with Gasteiger partial charge in [-0.1, -0.05) is 0 Å². The van der Waals surface area contributed by atoms with E-state index in [2.05, 4.69) is 0 Å². The Morgan fingerprint density at radius 2 is 2.10 bits per heavy atom. The van der Waals surface area contributed by atoms with Gasteiger partial charge in [0.15, 0.2) is 0 Å². The molecule has 1 heterocycles. The van der Waals surface area contributed by atoms with Crippen molar-refractivity contribution in [2.45, 2.75) is 31.6 Å². The lowest BCUT2D eigenvalue weighted by molar-refractivity contribution is 0.182. The van der Waals surface area contributed by atoms with Crippen LogP contribution < -0.4 is 10.5 Å². The van der Waals surface area contributed by atoms with E-state index < -0.39 is 0 Å². The van der Waals surface area contributed by atoms with Crippen LogP contribution in [0.5, 0.6) is 5.75 Å². The van der Waals surface area contributed by atoms with Gasteiger partial charge in [-0.15, -0.1) is 11.3 Å². The van der Waals surface area contributed by atoms with Crippen LogP contribution >= 0.6 is 11.3 Å². The Balaban J connectivity index is 1.86. The van der Waals surface area contributed by atoms with Gasteiger partial charge in [0.2, 0.25) is 0 Å². The maximum Gasteiger partial charge on any atom is 0.143 e. The standard InChI is InChI=1S/C15H20N2O2S/c1-19-13-7-12-14(6-11(13)16)20-15(17-12)10-4-2-9(8-18)3-5-10/h6-7,9-10,18H,2-5,8,16H2,1H3/t9-,10-. The lowest BCUT2D eigenvalue weighted by Gasteiger charge is -2.25. The molecular weight excluding hydrogens is 272 g/mol. The average Bonchev–Trinajstić information content (AvgIpc) is 2.89. The van der Waals surface area contributed by atoms with E-state index in [1.807, 2.05) is 12.1 Å². The summed E-state index contributed by atoms with van der Waals surface area (Å²) in [4.78, 5) is 4.76. The third-order valence-corrected chi connectivity index (χ3v) is 5.39. The first kappa shape index (κ1) is 13.6. The number of rotatable bonds is 3. The number of nitrogen functional groups attached to an aromatic ring is 1. The van der Waals surface area contributed by atoms with E-state index >= 15 is 0 Å². The van der Waals surface area contributed by atoms with E-state index in [1.54, 1.807) is 18.4 Å². The van der Waals surface area contributed by atoms with Crippen molar-refractivity contribution < 1.29 is 9.84 Å². The van der Waals surface area contributed by atoms with Crippen molar-refractivity contribution in [2.24, 2.45) is 5.92 Å². The topological polar surface area (TPSA) is 68.4 Å². The molecule has 2 aromatic rings. The molecule has 0 bridgehead atoms. The highest BCUT2D eigenvalue weighted by Crippen LogP contribution is 2.40. The molecule has 3 rings (SSSR count). The number of anilines is 1. The summed E-state index contributed by atoms with van der Waals surface area (Å²) in [6, 6.07) is 3.87. The molecule has 0 amide bonds. The van der Waals surface area contributed by atoms with Crippen molar-refractivity contribution in [1.82, 2.24) is 4.98 Å². The molecule has 0 aliphatic heterocycles. The van der Waals surface area contributed by atoms with Gasteiger partial charge in [0, 0.05) is 18.6 Å². The summed E-state index contributed by atoms with van der Waals surface area (Å²) in [5.74, 6) is 1.71. The largest absolute Gasteiger partial charge is 0.495 e. The lowest BCUT2D eigenvalue weighted by Crippen LogP contribution is -2.15. The molecule has 0 spiro atoms. The van der Waals surface area contributed by atoms with Crippen LogP contribution in [0.2, 0.25) is 0 Å². The molecule has 4 nitrogen and oxygen atoms in total. The molecule has 0 saturated heterocycles. The number of ether oxygens (including phenoxy) is 1. The molecule has 0 atom stereocenters. The smallest absolute Gasteiger partial charge is 0.143 e. The van der Waals surface area contributed by atoms with E-state index in [9.17, 15) is 5.11 Å². The Morgan fingerprint density at radius 1 is 1.35 bits per heavy atom. The highest BCUT2D eigenvalue weighted by Gasteiger charge is 2.24. The summed E-state index contributed by atoms with van der Waals surface area (Å²) in [5.41, 5.74) is 7.59. The number of thiazole rings is 1. The van der Waals surface area contributed by atoms with Crippen molar-refractivity contribution in [3.63, 3.8) is 0 Å². The zero-order valence-electron chi connectivity index (χ0n) is 11.6. The Labute approximate surface area is 122 Å². The normalized spacial score (nSPS) is 23.1. The number of nitrogens with zero attached hydrogens (tertiary/aromatic N) is 1. The number of fused-ring (bicyclic) bond motifs is 1. The number of methoxy groups -OCH3 is 1. The molecule has 0 unspecified atom stereocenters. The predicted molar refractivity (Wildman–Crippen MR) is 82.4 cm³/mol. The van der Waals surface area contributed by atoms with Crippen molar-refractivity contribution in [2.75, 3.05) is 19.5 Å². The van der Waals surface area contributed by atoms with Crippen LogP contribution in [-0.2, 0) is 0 Å². The quantitative estimate of drug-likeness (QED) is 0.853. The second kappa shape index (κ2) is 5.58. The van der Waals surface area contributed by atoms with Crippen LogP contribution in [0.3, 0.4) is 0 Å². The van der Waals surface area contributed by atoms with Crippen LogP contribution in [0.25, 0.3) is 10.2 Å². The third-order valence-electron chi connectivity index (χ3n) is 4.21. The van der Waals surface area contributed by atoms with Gasteiger partial charge in [-0.05, 0) is 37.7 Å². The van der Waals surface area contributed by atoms with E-state index in [-0.39, 0.29) is 0 Å². The number of aromatic nitrogens is 1. The van der Waals surface area contributed by atoms with Gasteiger partial charge in [0.1, 0.15) is 5.75 Å². The first-order valence-electron chi connectivity index (χ1n) is 7.06. The molecule has 108 valence electrons. The van der Waals surface area contributed by atoms with Crippen molar-refractivity contribution in [3.8, 4) is 5.75 Å². The Hall–Kier alpha value is -1.33. The molecule has 1 saturated carbocycles. The van der Waals surface area contributed by atoms with Crippen LogP contribution in [0.1, 0.15) is 36.6 Å². The molecule has 5 heteroatoms. The van der Waals surface area contributed by atoms with E-state index in [1.165, 1.54) is 5.01 Å². The molecule has 1 fully saturated rings. The minimum atomic E-state index is 0.320. The number of benzene rings is 1. The fourth-order valence-electron chi connectivity index (χ4n) is 2.93. The van der Waals surface area contributed by atoms with Crippen molar-refractivity contribution in [3.05, 3.63) is 17.1 Å². The van der Waals surface area contributed by atoms with E-state index in [4.69, 9.17) is 15.5 Å². The van der Waals surface area contributed by atoms with Gasteiger partial charge in [-0.3, -0.25) is 0 Å². The molecule has 3 N–H and O–H groups in total. The fourth-order valence-corrected chi connectivity index (χ4v) is 4.10. The minimum absolute atomic E-state index is 0.320. The number of hydrogen-bond acceptors (Lipinski definition) is 5. The molecular formula is C15H20N2O2S. The molecule has 20 heavy (non-hydrogen) atoms. The monoisotopic (exact) mass is 292 g/mol. The summed E-state index contributed by atoms with van der Waals surface area (Å²) in [5, 5.41) is 10.4. The first-order chi connectivity index (χ1) is 9.71. The SMILES string of the molecule is COc1cc2nc([C@H]3CC[C@H](CO)CC3)sc2cc1N. The number of aliphatic hydroxyl groups is 1. The van der Waals surface area contributed by atoms with Crippen LogP contribution in [0.4, 0.5) is 5.69 Å². The van der Waals surface area contributed by atoms with Gasteiger partial charge in [-0.2, -0.15) is 0 Å². The lowest BCUT2D eigenvalue weighted by atomic mass is 9.83. The Morgan fingerprint density at radius 3 is 2.75 bits per heavy atom. The predicted octanol–water partition coefficient (Wildman–Crippen LogP) is 3.15. The maximum atomic E-state index is 9.21. The van der Waals surface area contributed by atoms with E-state index in [0.717, 1.165) is 35.9 Å². The summed E-state index contributed by atoms with van der Waals surface area (Å²) in [6.45, 7) is 0.320. The molecule has 1 aliphatic rings. The highest BCUT2D eigenvalue weighted by molar-refractivity contribution is 7.18. The maximum absolute atomic E-state index is 9.21. The van der Waals surface area contributed by atoms with Crippen LogP contribution in [-0.4, -0.2) is 23.8 Å². The van der Waals surface area contributed by atoms with E-state index in [0.29, 0.717) is 29.9 Å². The van der Waals surface area contributed by atoms with Crippen LogP contribution in [0.15, 0.2) is 12.1 Å². The zero-order valence-corrected chi connectivity index (χ0v) is 12.4. The van der Waals surface area contributed by atoms with Gasteiger partial charge >= 0.3 is 0 Å². The van der Waals surface area contributed by atoms with Crippen LogP contribution in [0, 0.1) is 5.92 Å². The van der Waals surface area contributed by atoms with Gasteiger partial charge in [-0.25, -0.2) is 4.98 Å². The second-order valence-corrected chi connectivity index (χ2v) is 6.58. The number of nitrogens with two attached hydrogens (primary N) is 1. The number of aliphatic hydroxyl groups excluding tert-OH is 1. The Kier molecular flexibility index (Phi) is 3.81. The summed E-state index contributed by atoms with van der Waals surface area (Å²) < 4.78 is 6.38. The van der Waals surface area contributed by atoms with Crippen molar-refractivity contribution >= 4 is 27.2 Å². The summed E-state index contributed by atoms with van der Waals surface area (Å²) in [7, 11) is 1.63. The number of hydrogen-bond donors (Lipinski definition) is 2. The fraction of sp³-hybridized carbons (Fsp3) is 0.533. The third kappa shape index (κ3) is 2.47. The van der Waals surface area contributed by atoms with Gasteiger partial charge in [0.05, 0.1) is 28.0 Å². The summed E-state index contributed by atoms with van der Waals surface area (Å²) >= 11 is 1.74. The Bertz CT molecular complexity index is 603. The molecule has 1 aromatic heterocycles. The molecule has 1 aromatic carbocycles. The first-order valence-corrected chi connectivity index (χ1v) is 7.87. The highest BCUT2D eigenvalue weighted by atomic mass is 32.1. The summed E-state index contributed by atoms with van der Waals surface area (Å²) in [6.07, 6.45) is 4.44.